The van der Waals surface area contributed by atoms with E-state index in [0.29, 0.717) is 6.42 Å². The number of amides is 5. The van der Waals surface area contributed by atoms with Gasteiger partial charge >= 0.3 is 5.97 Å². The van der Waals surface area contributed by atoms with Crippen molar-refractivity contribution in [2.24, 2.45) is 33.7 Å². The number of thiol groups is 1. The van der Waals surface area contributed by atoms with Crippen LogP contribution in [0.15, 0.2) is 4.99 Å². The SMILES string of the molecule is NC(=O)CCC(NC(=O)C(CCC(N)=O)NC(=O)C(CS)NC(=O)C(N)CCCN=C(N)N)C(=O)O. The van der Waals surface area contributed by atoms with Crippen LogP contribution in [-0.2, 0) is 28.8 Å². The first-order chi connectivity index (χ1) is 16.8. The molecule has 4 unspecified atom stereocenters. The molecule has 0 aromatic heterocycles. The summed E-state index contributed by atoms with van der Waals surface area (Å²) in [5, 5.41) is 16.2. The summed E-state index contributed by atoms with van der Waals surface area (Å²) in [6.07, 6.45) is -0.545. The van der Waals surface area contributed by atoms with Gasteiger partial charge in [0.1, 0.15) is 18.1 Å². The fourth-order valence-electron chi connectivity index (χ4n) is 2.77. The smallest absolute Gasteiger partial charge is 0.326 e. The van der Waals surface area contributed by atoms with E-state index in [1.54, 1.807) is 0 Å². The summed E-state index contributed by atoms with van der Waals surface area (Å²) in [6.45, 7) is 0.257. The molecule has 204 valence electrons. The van der Waals surface area contributed by atoms with Crippen molar-refractivity contribution in [2.75, 3.05) is 12.3 Å². The maximum Gasteiger partial charge on any atom is 0.326 e. The topological polar surface area (TPSA) is 301 Å². The zero-order valence-corrected chi connectivity index (χ0v) is 20.5. The summed E-state index contributed by atoms with van der Waals surface area (Å²) in [4.78, 5) is 75.1. The van der Waals surface area contributed by atoms with Gasteiger partial charge in [-0.1, -0.05) is 0 Å². The molecule has 0 rings (SSSR count). The number of primary amides is 2. The van der Waals surface area contributed by atoms with E-state index in [1.165, 1.54) is 0 Å². The summed E-state index contributed by atoms with van der Waals surface area (Å²) in [7, 11) is 0. The highest BCUT2D eigenvalue weighted by atomic mass is 32.1. The van der Waals surface area contributed by atoms with E-state index < -0.39 is 59.7 Å². The van der Waals surface area contributed by atoms with E-state index in [9.17, 15) is 33.9 Å². The van der Waals surface area contributed by atoms with E-state index in [4.69, 9.17) is 28.7 Å². The Morgan fingerprint density at radius 3 is 1.69 bits per heavy atom. The molecule has 17 heteroatoms. The number of carboxylic acid groups (broad SMARTS) is 1. The van der Waals surface area contributed by atoms with Crippen LogP contribution >= 0.6 is 12.6 Å². The number of nitrogens with zero attached hydrogens (tertiary/aromatic N) is 1. The number of nitrogens with one attached hydrogen (secondary N) is 3. The van der Waals surface area contributed by atoms with Crippen molar-refractivity contribution in [3.63, 3.8) is 0 Å². The Balaban J connectivity index is 5.25. The fourth-order valence-corrected chi connectivity index (χ4v) is 3.02. The van der Waals surface area contributed by atoms with Gasteiger partial charge in [0.05, 0.1) is 6.04 Å². The number of hydrogen-bond donors (Lipinski definition) is 10. The minimum absolute atomic E-state index is 0.0997. The molecule has 0 aromatic rings. The molecular weight excluding hydrogens is 498 g/mol. The average Bonchev–Trinajstić information content (AvgIpc) is 2.79. The number of rotatable bonds is 18. The Morgan fingerprint density at radius 2 is 1.22 bits per heavy atom. The number of carbonyl (C=O) groups is 6. The van der Waals surface area contributed by atoms with Gasteiger partial charge in [0, 0.05) is 25.1 Å². The minimum Gasteiger partial charge on any atom is -0.480 e. The summed E-state index contributed by atoms with van der Waals surface area (Å²) in [5.74, 6) is -5.67. The van der Waals surface area contributed by atoms with Crippen molar-refractivity contribution >= 4 is 54.1 Å². The molecule has 0 spiro atoms. The van der Waals surface area contributed by atoms with Gasteiger partial charge in [0.25, 0.3) is 0 Å². The van der Waals surface area contributed by atoms with Crippen molar-refractivity contribution in [3.8, 4) is 0 Å². The number of aliphatic carboxylic acids is 1. The molecule has 36 heavy (non-hydrogen) atoms. The largest absolute Gasteiger partial charge is 0.480 e. The van der Waals surface area contributed by atoms with Crippen LogP contribution in [-0.4, -0.2) is 83.0 Å². The third-order valence-corrected chi connectivity index (χ3v) is 5.09. The first kappa shape index (κ1) is 32.4. The van der Waals surface area contributed by atoms with E-state index in [1.807, 2.05) is 0 Å². The lowest BCUT2D eigenvalue weighted by Crippen LogP contribution is -2.57. The van der Waals surface area contributed by atoms with Gasteiger partial charge in [-0.25, -0.2) is 4.79 Å². The second-order valence-electron chi connectivity index (χ2n) is 7.77. The molecule has 0 aliphatic rings. The highest BCUT2D eigenvalue weighted by Gasteiger charge is 2.30. The van der Waals surface area contributed by atoms with Gasteiger partial charge < -0.3 is 49.7 Å². The number of carboxylic acids is 1. The molecule has 0 bridgehead atoms. The van der Waals surface area contributed by atoms with Crippen LogP contribution in [0.4, 0.5) is 0 Å². The number of aliphatic imine (C=N–C) groups is 1. The number of carbonyl (C=O) groups excluding carboxylic acids is 5. The number of guanidine groups is 1. The monoisotopic (exact) mass is 533 g/mol. The van der Waals surface area contributed by atoms with E-state index in [2.05, 4.69) is 33.6 Å². The van der Waals surface area contributed by atoms with E-state index in [0.717, 1.165) is 0 Å². The lowest BCUT2D eigenvalue weighted by molar-refractivity contribution is -0.142. The van der Waals surface area contributed by atoms with Crippen molar-refractivity contribution < 1.29 is 33.9 Å². The van der Waals surface area contributed by atoms with Crippen molar-refractivity contribution in [2.45, 2.75) is 62.7 Å². The molecule has 16 nitrogen and oxygen atoms in total. The average molecular weight is 534 g/mol. The van der Waals surface area contributed by atoms with Crippen LogP contribution in [0.1, 0.15) is 38.5 Å². The number of hydrogen-bond acceptors (Lipinski definition) is 9. The Bertz CT molecular complexity index is 836. The molecule has 4 atom stereocenters. The quantitative estimate of drug-likeness (QED) is 0.0347. The summed E-state index contributed by atoms with van der Waals surface area (Å²) < 4.78 is 0. The lowest BCUT2D eigenvalue weighted by atomic mass is 10.1. The van der Waals surface area contributed by atoms with Crippen LogP contribution in [0.25, 0.3) is 0 Å². The molecule has 0 heterocycles. The van der Waals surface area contributed by atoms with Crippen molar-refractivity contribution in [3.05, 3.63) is 0 Å². The van der Waals surface area contributed by atoms with Gasteiger partial charge in [0.15, 0.2) is 5.96 Å². The van der Waals surface area contributed by atoms with Crippen molar-refractivity contribution in [1.82, 2.24) is 16.0 Å². The van der Waals surface area contributed by atoms with E-state index >= 15 is 0 Å². The maximum atomic E-state index is 12.7. The highest BCUT2D eigenvalue weighted by molar-refractivity contribution is 7.80. The van der Waals surface area contributed by atoms with Gasteiger partial charge in [-0.3, -0.25) is 29.0 Å². The third kappa shape index (κ3) is 14.0. The van der Waals surface area contributed by atoms with Crippen LogP contribution < -0.4 is 44.6 Å². The Kier molecular flexibility index (Phi) is 15.2. The second-order valence-corrected chi connectivity index (χ2v) is 8.13. The maximum absolute atomic E-state index is 12.7. The van der Waals surface area contributed by atoms with Crippen LogP contribution in [0, 0.1) is 0 Å². The van der Waals surface area contributed by atoms with E-state index in [-0.39, 0.29) is 50.4 Å². The van der Waals surface area contributed by atoms with Crippen molar-refractivity contribution in [1.29, 1.82) is 0 Å². The lowest BCUT2D eigenvalue weighted by Gasteiger charge is -2.24. The molecule has 0 aromatic carbocycles. The Morgan fingerprint density at radius 1 is 0.750 bits per heavy atom. The van der Waals surface area contributed by atoms with Crippen LogP contribution in [0.2, 0.25) is 0 Å². The minimum atomic E-state index is -1.48. The predicted molar refractivity (Wildman–Crippen MR) is 132 cm³/mol. The molecule has 0 saturated carbocycles. The fraction of sp³-hybridized carbons (Fsp3) is 0.632. The highest BCUT2D eigenvalue weighted by Crippen LogP contribution is 2.04. The molecular formula is C19H35N9O7S. The summed E-state index contributed by atoms with van der Waals surface area (Å²) >= 11 is 4.04. The van der Waals surface area contributed by atoms with Gasteiger partial charge in [-0.15, -0.1) is 0 Å². The summed E-state index contributed by atoms with van der Waals surface area (Å²) in [5.41, 5.74) is 26.4. The zero-order valence-electron chi connectivity index (χ0n) is 19.6. The second kappa shape index (κ2) is 16.9. The van der Waals surface area contributed by atoms with Crippen LogP contribution in [0.5, 0.6) is 0 Å². The molecule has 0 fully saturated rings. The Labute approximate surface area is 212 Å². The zero-order chi connectivity index (χ0) is 27.8. The molecule has 5 amide bonds. The van der Waals surface area contributed by atoms with Gasteiger partial charge in [-0.05, 0) is 25.7 Å². The Hall–Kier alpha value is -3.60. The molecule has 0 saturated heterocycles. The normalized spacial score (nSPS) is 13.8. The van der Waals surface area contributed by atoms with Gasteiger partial charge in [-0.2, -0.15) is 12.6 Å². The molecule has 0 radical (unpaired) electrons. The van der Waals surface area contributed by atoms with Crippen LogP contribution in [0.3, 0.4) is 0 Å². The summed E-state index contributed by atoms with van der Waals surface area (Å²) in [6, 6.07) is -5.05. The predicted octanol–water partition coefficient (Wildman–Crippen LogP) is -4.63. The standard InChI is InChI=1S/C19H35N9O7S/c20-9(2-1-7-25-19(23)24)15(31)28-12(8-36)17(33)26-10(3-5-13(21)29)16(32)27-11(18(34)35)4-6-14(22)30/h9-12,36H,1-8,20H2,(H2,21,29)(H2,22,30)(H,26,33)(H,27,32)(H,28,31)(H,34,35)(H4,23,24,25). The molecule has 14 N–H and O–H groups in total. The number of nitrogens with two attached hydrogens (primary N) is 5. The molecule has 0 aliphatic heterocycles. The third-order valence-electron chi connectivity index (χ3n) is 4.73. The van der Waals surface area contributed by atoms with Gasteiger partial charge in [0.2, 0.25) is 29.5 Å². The molecule has 0 aliphatic carbocycles. The first-order valence-corrected chi connectivity index (χ1v) is 11.5. The first-order valence-electron chi connectivity index (χ1n) is 10.9.